The summed E-state index contributed by atoms with van der Waals surface area (Å²) in [6.45, 7) is 0. The van der Waals surface area contributed by atoms with E-state index in [2.05, 4.69) is 144 Å². The lowest BCUT2D eigenvalue weighted by Gasteiger charge is -2.13. The highest BCUT2D eigenvalue weighted by atomic mass is 16.3. The van der Waals surface area contributed by atoms with Crippen molar-refractivity contribution in [2.45, 2.75) is 0 Å². The molecule has 0 spiro atoms. The summed E-state index contributed by atoms with van der Waals surface area (Å²) in [6, 6.07) is 55.0. The Bertz CT molecular complexity index is 3100. The van der Waals surface area contributed by atoms with E-state index in [-0.39, 0.29) is 0 Å². The first-order valence-corrected chi connectivity index (χ1v) is 16.8. The molecule has 0 bridgehead atoms. The van der Waals surface area contributed by atoms with Crippen LogP contribution in [0.5, 0.6) is 0 Å². The Labute approximate surface area is 285 Å². The van der Waals surface area contributed by atoms with E-state index in [9.17, 15) is 0 Å². The van der Waals surface area contributed by atoms with Gasteiger partial charge < -0.3 is 4.42 Å². The molecule has 0 unspecified atom stereocenters. The molecule has 0 saturated carbocycles. The summed E-state index contributed by atoms with van der Waals surface area (Å²) in [5, 5.41) is 11.4. The third-order valence-electron chi connectivity index (χ3n) is 10.0. The fraction of sp³-hybridized carbons (Fsp3) is 0. The normalized spacial score (nSPS) is 12.0. The van der Waals surface area contributed by atoms with Gasteiger partial charge in [-0.2, -0.15) is 9.97 Å². The van der Waals surface area contributed by atoms with E-state index in [1.807, 2.05) is 18.2 Å². The quantitative estimate of drug-likeness (QED) is 0.181. The van der Waals surface area contributed by atoms with Crippen LogP contribution < -0.4 is 0 Å². The van der Waals surface area contributed by atoms with Crippen molar-refractivity contribution >= 4 is 76.1 Å². The average molecular weight is 639 g/mol. The molecular formula is C45H26N4O. The highest BCUT2D eigenvalue weighted by molar-refractivity contribution is 6.28. The van der Waals surface area contributed by atoms with Crippen molar-refractivity contribution in [3.63, 3.8) is 0 Å². The molecule has 11 aromatic rings. The minimum atomic E-state index is 0.583. The Morgan fingerprint density at radius 1 is 0.400 bits per heavy atom. The summed E-state index contributed by atoms with van der Waals surface area (Å²) in [4.78, 5) is 15.5. The molecule has 0 radical (unpaired) electrons. The number of furan rings is 1. The fourth-order valence-electron chi connectivity index (χ4n) is 7.77. The molecule has 50 heavy (non-hydrogen) atoms. The molecule has 11 rings (SSSR count). The highest BCUT2D eigenvalue weighted by Crippen LogP contribution is 2.41. The zero-order chi connectivity index (χ0) is 32.8. The lowest BCUT2D eigenvalue weighted by Crippen LogP contribution is -2.06. The number of nitrogens with zero attached hydrogens (tertiary/aromatic N) is 4. The van der Waals surface area contributed by atoms with Crippen LogP contribution in [0, 0.1) is 0 Å². The molecule has 0 fully saturated rings. The number of hydrogen-bond donors (Lipinski definition) is 0. The Morgan fingerprint density at radius 2 is 1.06 bits per heavy atom. The van der Waals surface area contributed by atoms with Gasteiger partial charge in [0.25, 0.3) is 0 Å². The maximum Gasteiger partial charge on any atom is 0.238 e. The maximum absolute atomic E-state index is 6.49. The van der Waals surface area contributed by atoms with Gasteiger partial charge >= 0.3 is 0 Å². The van der Waals surface area contributed by atoms with Crippen LogP contribution in [0.1, 0.15) is 0 Å². The van der Waals surface area contributed by atoms with E-state index in [1.165, 1.54) is 10.8 Å². The first-order chi connectivity index (χ1) is 24.8. The molecule has 0 N–H and O–H groups in total. The molecule has 0 aliphatic heterocycles. The molecule has 5 nitrogen and oxygen atoms in total. The van der Waals surface area contributed by atoms with Crippen LogP contribution in [0.3, 0.4) is 0 Å². The van der Waals surface area contributed by atoms with Gasteiger partial charge in [0.05, 0.1) is 11.0 Å². The Kier molecular flexibility index (Phi) is 5.60. The Balaban J connectivity index is 1.22. The number of rotatable bonds is 3. The lowest BCUT2D eigenvalue weighted by molar-refractivity contribution is 0.670. The molecule has 0 aliphatic rings. The van der Waals surface area contributed by atoms with Crippen LogP contribution in [0.4, 0.5) is 0 Å². The van der Waals surface area contributed by atoms with Gasteiger partial charge in [-0.3, -0.25) is 4.57 Å². The van der Waals surface area contributed by atoms with E-state index in [0.29, 0.717) is 17.6 Å². The van der Waals surface area contributed by atoms with E-state index in [0.717, 1.165) is 76.4 Å². The third kappa shape index (κ3) is 3.92. The summed E-state index contributed by atoms with van der Waals surface area (Å²) >= 11 is 0. The Morgan fingerprint density at radius 3 is 1.86 bits per heavy atom. The summed E-state index contributed by atoms with van der Waals surface area (Å²) in [5.41, 5.74) is 5.75. The first kappa shape index (κ1) is 27.1. The van der Waals surface area contributed by atoms with Crippen molar-refractivity contribution in [1.82, 2.24) is 19.5 Å². The minimum Gasteiger partial charge on any atom is -0.456 e. The van der Waals surface area contributed by atoms with Crippen LogP contribution in [0.15, 0.2) is 162 Å². The van der Waals surface area contributed by atoms with Gasteiger partial charge in [-0.1, -0.05) is 127 Å². The van der Waals surface area contributed by atoms with Gasteiger partial charge in [0, 0.05) is 38.1 Å². The van der Waals surface area contributed by atoms with E-state index < -0.39 is 0 Å². The van der Waals surface area contributed by atoms with Gasteiger partial charge in [0.1, 0.15) is 11.2 Å². The summed E-state index contributed by atoms with van der Waals surface area (Å²) in [5.74, 6) is 1.83. The SMILES string of the molecule is c1ccc(-c2nc(-c3cccc4c3ccc3ccc5oc6cc7ccccc7cc6c5c34)nc(-n3c4ccccc4c4ccccc43)n2)cc1. The number of fused-ring (bicyclic) bond motifs is 11. The monoisotopic (exact) mass is 638 g/mol. The van der Waals surface area contributed by atoms with Gasteiger partial charge in [0.15, 0.2) is 11.6 Å². The average Bonchev–Trinajstić information content (AvgIpc) is 3.72. The van der Waals surface area contributed by atoms with E-state index in [1.54, 1.807) is 0 Å². The number of hydrogen-bond acceptors (Lipinski definition) is 4. The summed E-state index contributed by atoms with van der Waals surface area (Å²) in [7, 11) is 0. The van der Waals surface area contributed by atoms with Crippen molar-refractivity contribution in [3.05, 3.63) is 158 Å². The van der Waals surface area contributed by atoms with Gasteiger partial charge in [-0.25, -0.2) is 4.98 Å². The molecule has 0 aliphatic carbocycles. The third-order valence-corrected chi connectivity index (χ3v) is 10.0. The van der Waals surface area contributed by atoms with Crippen LogP contribution >= 0.6 is 0 Å². The van der Waals surface area contributed by atoms with Crippen molar-refractivity contribution in [1.29, 1.82) is 0 Å². The predicted molar refractivity (Wildman–Crippen MR) is 205 cm³/mol. The molecule has 0 saturated heterocycles. The van der Waals surface area contributed by atoms with Crippen molar-refractivity contribution in [2.75, 3.05) is 0 Å². The van der Waals surface area contributed by atoms with Crippen molar-refractivity contribution in [3.8, 4) is 28.7 Å². The summed E-state index contributed by atoms with van der Waals surface area (Å²) in [6.07, 6.45) is 0. The van der Waals surface area contributed by atoms with E-state index in [4.69, 9.17) is 19.4 Å². The minimum absolute atomic E-state index is 0.583. The topological polar surface area (TPSA) is 56.7 Å². The first-order valence-electron chi connectivity index (χ1n) is 16.8. The van der Waals surface area contributed by atoms with Crippen LogP contribution in [0.25, 0.3) is 105 Å². The Hall–Kier alpha value is -6.85. The van der Waals surface area contributed by atoms with Gasteiger partial charge in [0.2, 0.25) is 5.95 Å². The molecule has 0 atom stereocenters. The molecule has 0 amide bonds. The number of para-hydroxylation sites is 2. The number of benzene rings is 8. The zero-order valence-electron chi connectivity index (χ0n) is 26.7. The zero-order valence-corrected chi connectivity index (χ0v) is 26.7. The van der Waals surface area contributed by atoms with Crippen LogP contribution in [0.2, 0.25) is 0 Å². The predicted octanol–water partition coefficient (Wildman–Crippen LogP) is 11.7. The number of aromatic nitrogens is 4. The van der Waals surface area contributed by atoms with Gasteiger partial charge in [-0.15, -0.1) is 0 Å². The van der Waals surface area contributed by atoms with Gasteiger partial charge in [-0.05, 0) is 57.3 Å². The second kappa shape index (κ2) is 10.3. The van der Waals surface area contributed by atoms with Crippen molar-refractivity contribution < 1.29 is 4.42 Å². The largest absolute Gasteiger partial charge is 0.456 e. The molecule has 3 heterocycles. The smallest absolute Gasteiger partial charge is 0.238 e. The lowest BCUT2D eigenvalue weighted by atomic mass is 9.94. The standard InChI is InChI=1S/C45H26N4O/c1-2-11-28(12-3-1)43-46-44(48-45(47-43)49-37-19-8-6-15-32(37)33-16-7-9-20-38(33)49)35-18-10-17-34-31(35)23-21-27-22-24-39-42(41(27)34)36-25-29-13-4-5-14-30(29)26-40(36)50-39/h1-26H. The van der Waals surface area contributed by atoms with Crippen LogP contribution in [-0.4, -0.2) is 19.5 Å². The highest BCUT2D eigenvalue weighted by Gasteiger charge is 2.20. The second-order valence-electron chi connectivity index (χ2n) is 12.8. The summed E-state index contributed by atoms with van der Waals surface area (Å²) < 4.78 is 8.65. The fourth-order valence-corrected chi connectivity index (χ4v) is 7.77. The molecule has 3 aromatic heterocycles. The van der Waals surface area contributed by atoms with Crippen LogP contribution in [-0.2, 0) is 0 Å². The molecule has 5 heteroatoms. The van der Waals surface area contributed by atoms with Crippen molar-refractivity contribution in [2.24, 2.45) is 0 Å². The maximum atomic E-state index is 6.49. The van der Waals surface area contributed by atoms with E-state index >= 15 is 0 Å². The second-order valence-corrected chi connectivity index (χ2v) is 12.8. The molecular weight excluding hydrogens is 613 g/mol. The molecule has 8 aromatic carbocycles. The molecule has 232 valence electrons.